The molecule has 3 heteroatoms. The molecule has 0 aliphatic rings. The molecule has 98 valence electrons. The highest BCUT2D eigenvalue weighted by molar-refractivity contribution is 7.87. The Balaban J connectivity index is 2.32. The van der Waals surface area contributed by atoms with E-state index in [2.05, 4.69) is 79.7 Å². The zero-order valence-corrected chi connectivity index (χ0v) is 13.5. The van der Waals surface area contributed by atoms with Crippen molar-refractivity contribution >= 4 is 37.7 Å². The number of benzene rings is 1. The lowest BCUT2D eigenvalue weighted by Gasteiger charge is -2.14. The maximum absolute atomic E-state index is 4.59. The number of rotatable bonds is 3. The molecule has 0 fully saturated rings. The number of pyridine rings is 1. The molecule has 1 aromatic carbocycles. The van der Waals surface area contributed by atoms with Gasteiger partial charge in [0.05, 0.1) is 13.6 Å². The van der Waals surface area contributed by atoms with Crippen molar-refractivity contribution in [3.63, 3.8) is 0 Å². The fourth-order valence-electron chi connectivity index (χ4n) is 1.76. The van der Waals surface area contributed by atoms with Crippen LogP contribution in [0.25, 0.3) is 17.0 Å². The fraction of sp³-hybridized carbons (Fsp3) is 0.188. The Kier molecular flexibility index (Phi) is 4.27. The van der Waals surface area contributed by atoms with Gasteiger partial charge in [0, 0.05) is 17.1 Å². The van der Waals surface area contributed by atoms with E-state index in [1.807, 2.05) is 12.3 Å². The number of allylic oxidation sites excluding steroid dienone is 2. The van der Waals surface area contributed by atoms with Gasteiger partial charge in [-0.05, 0) is 10.6 Å². The first-order valence-corrected chi connectivity index (χ1v) is 10.3. The van der Waals surface area contributed by atoms with Crippen molar-refractivity contribution in [2.75, 3.05) is 0 Å². The summed E-state index contributed by atoms with van der Waals surface area (Å²) in [5, 5.41) is 1.17. The maximum Gasteiger partial charge on any atom is 0.0853 e. The van der Waals surface area contributed by atoms with Crippen LogP contribution < -0.4 is 0 Å². The molecular formula is C16H19NSSi. The van der Waals surface area contributed by atoms with E-state index in [1.54, 1.807) is 0 Å². The molecule has 0 saturated heterocycles. The molecule has 0 unspecified atom stereocenters. The van der Waals surface area contributed by atoms with Gasteiger partial charge < -0.3 is 0 Å². The van der Waals surface area contributed by atoms with E-state index in [-0.39, 0.29) is 0 Å². The van der Waals surface area contributed by atoms with Gasteiger partial charge in [-0.1, -0.05) is 62.1 Å². The molecule has 1 aromatic heterocycles. The smallest absolute Gasteiger partial charge is 0.0853 e. The first-order valence-electron chi connectivity index (χ1n) is 6.40. The Morgan fingerprint density at radius 3 is 2.63 bits per heavy atom. The van der Waals surface area contributed by atoms with Crippen molar-refractivity contribution in [2.24, 2.45) is 0 Å². The van der Waals surface area contributed by atoms with Gasteiger partial charge in [0.25, 0.3) is 0 Å². The second-order valence-corrected chi connectivity index (χ2v) is 11.5. The number of thiol groups is 1. The van der Waals surface area contributed by atoms with E-state index in [4.69, 9.17) is 0 Å². The van der Waals surface area contributed by atoms with Crippen LogP contribution in [0.3, 0.4) is 0 Å². The fourth-order valence-corrected chi connectivity index (χ4v) is 2.44. The summed E-state index contributed by atoms with van der Waals surface area (Å²) < 4.78 is 1.21. The summed E-state index contributed by atoms with van der Waals surface area (Å²) in [4.78, 5) is 4.45. The van der Waals surface area contributed by atoms with E-state index in [0.29, 0.717) is 0 Å². The van der Waals surface area contributed by atoms with Crippen LogP contribution in [0.4, 0.5) is 0 Å². The standard InChI is InChI=1S/C16H19NSSi/c1-19(2,3)15(18)11-5-9-13-7-4-8-14-10-6-12-17-16(13)14/h4-12,18H,1-3H3/b9-5+,15-11+. The van der Waals surface area contributed by atoms with E-state index in [1.165, 1.54) is 9.91 Å². The monoisotopic (exact) mass is 285 g/mol. The molecule has 0 N–H and O–H groups in total. The van der Waals surface area contributed by atoms with Crippen molar-refractivity contribution in [1.29, 1.82) is 0 Å². The molecule has 1 heterocycles. The Labute approximate surface area is 121 Å². The largest absolute Gasteiger partial charge is 0.256 e. The quantitative estimate of drug-likeness (QED) is 0.479. The average Bonchev–Trinajstić information content (AvgIpc) is 2.38. The molecular weight excluding hydrogens is 266 g/mol. The molecule has 0 saturated carbocycles. The second-order valence-electron chi connectivity index (χ2n) is 5.58. The Hall–Kier alpha value is -1.32. The Bertz CT molecular complexity index is 633. The third-order valence-electron chi connectivity index (χ3n) is 2.96. The summed E-state index contributed by atoms with van der Waals surface area (Å²) in [7, 11) is -1.29. The van der Waals surface area contributed by atoms with E-state index < -0.39 is 8.07 Å². The summed E-state index contributed by atoms with van der Waals surface area (Å²) in [6.07, 6.45) is 8.12. The van der Waals surface area contributed by atoms with E-state index in [0.717, 1.165) is 11.1 Å². The SMILES string of the molecule is C[Si](C)(C)/C(S)=C/C=C/c1cccc2cccnc12. The van der Waals surface area contributed by atoms with E-state index in [9.17, 15) is 0 Å². The molecule has 2 aromatic rings. The topological polar surface area (TPSA) is 12.9 Å². The Morgan fingerprint density at radius 1 is 1.16 bits per heavy atom. The van der Waals surface area contributed by atoms with Gasteiger partial charge in [-0.25, -0.2) is 0 Å². The summed E-state index contributed by atoms with van der Waals surface area (Å²) in [6, 6.07) is 10.3. The van der Waals surface area contributed by atoms with Gasteiger partial charge in [-0.15, -0.1) is 0 Å². The minimum Gasteiger partial charge on any atom is -0.256 e. The van der Waals surface area contributed by atoms with Crippen LogP contribution in [-0.4, -0.2) is 13.1 Å². The van der Waals surface area contributed by atoms with Crippen LogP contribution in [-0.2, 0) is 0 Å². The second kappa shape index (κ2) is 5.76. The molecule has 0 radical (unpaired) electrons. The lowest BCUT2D eigenvalue weighted by molar-refractivity contribution is 1.41. The molecule has 0 aliphatic heterocycles. The van der Waals surface area contributed by atoms with E-state index >= 15 is 0 Å². The number of hydrogen-bond acceptors (Lipinski definition) is 2. The highest BCUT2D eigenvalue weighted by atomic mass is 32.1. The predicted octanol–water partition coefficient (Wildman–Crippen LogP) is 4.94. The predicted molar refractivity (Wildman–Crippen MR) is 91.2 cm³/mol. The van der Waals surface area contributed by atoms with Crippen molar-refractivity contribution in [3.05, 3.63) is 58.8 Å². The van der Waals surface area contributed by atoms with Gasteiger partial charge in [0.2, 0.25) is 0 Å². The Morgan fingerprint density at radius 2 is 1.89 bits per heavy atom. The molecule has 1 nitrogen and oxygen atoms in total. The van der Waals surface area contributed by atoms with Crippen LogP contribution in [0.15, 0.2) is 53.2 Å². The van der Waals surface area contributed by atoms with Crippen LogP contribution >= 0.6 is 12.6 Å². The first-order chi connectivity index (χ1) is 8.98. The van der Waals surface area contributed by atoms with Gasteiger partial charge in [-0.2, -0.15) is 12.6 Å². The van der Waals surface area contributed by atoms with Gasteiger partial charge in [0.15, 0.2) is 0 Å². The summed E-state index contributed by atoms with van der Waals surface area (Å²) >= 11 is 4.59. The number of aromatic nitrogens is 1. The molecule has 0 atom stereocenters. The number of para-hydroxylation sites is 1. The van der Waals surface area contributed by atoms with Crippen molar-refractivity contribution < 1.29 is 0 Å². The van der Waals surface area contributed by atoms with Crippen molar-refractivity contribution in [3.8, 4) is 0 Å². The lowest BCUT2D eigenvalue weighted by Crippen LogP contribution is -2.20. The molecule has 0 amide bonds. The normalized spacial score (nSPS) is 13.4. The van der Waals surface area contributed by atoms with Gasteiger partial charge in [-0.3, -0.25) is 4.98 Å². The number of fused-ring (bicyclic) bond motifs is 1. The zero-order valence-electron chi connectivity index (χ0n) is 11.6. The van der Waals surface area contributed by atoms with Crippen LogP contribution in [0, 0.1) is 0 Å². The molecule has 0 spiro atoms. The third kappa shape index (κ3) is 3.58. The molecule has 0 bridgehead atoms. The zero-order chi connectivity index (χ0) is 13.9. The van der Waals surface area contributed by atoms with Crippen LogP contribution in [0.2, 0.25) is 19.6 Å². The minimum atomic E-state index is -1.29. The van der Waals surface area contributed by atoms with Crippen LogP contribution in [0.5, 0.6) is 0 Å². The summed E-state index contributed by atoms with van der Waals surface area (Å²) in [5.74, 6) is 0. The number of hydrogen-bond donors (Lipinski definition) is 1. The first kappa shape index (κ1) is 14.1. The van der Waals surface area contributed by atoms with Gasteiger partial charge >= 0.3 is 0 Å². The third-order valence-corrected chi connectivity index (χ3v) is 6.83. The summed E-state index contributed by atoms with van der Waals surface area (Å²) in [6.45, 7) is 6.87. The van der Waals surface area contributed by atoms with Crippen molar-refractivity contribution in [1.82, 2.24) is 4.98 Å². The molecule has 0 aliphatic carbocycles. The molecule has 2 rings (SSSR count). The minimum absolute atomic E-state index is 1.04. The molecule has 19 heavy (non-hydrogen) atoms. The highest BCUT2D eigenvalue weighted by Gasteiger charge is 2.15. The number of nitrogens with zero attached hydrogens (tertiary/aromatic N) is 1. The summed E-state index contributed by atoms with van der Waals surface area (Å²) in [5.41, 5.74) is 2.19. The van der Waals surface area contributed by atoms with Crippen molar-refractivity contribution in [2.45, 2.75) is 19.6 Å². The lowest BCUT2D eigenvalue weighted by atomic mass is 10.1. The maximum atomic E-state index is 4.59. The van der Waals surface area contributed by atoms with Gasteiger partial charge in [0.1, 0.15) is 0 Å². The van der Waals surface area contributed by atoms with Crippen LogP contribution in [0.1, 0.15) is 5.56 Å². The highest BCUT2D eigenvalue weighted by Crippen LogP contribution is 2.20. The average molecular weight is 285 g/mol.